The summed E-state index contributed by atoms with van der Waals surface area (Å²) < 4.78 is 33.1. The Hall–Kier alpha value is -1.87. The molecule has 1 saturated heterocycles. The van der Waals surface area contributed by atoms with Gasteiger partial charge in [-0.25, -0.2) is 8.42 Å². The van der Waals surface area contributed by atoms with Crippen LogP contribution in [0.4, 0.5) is 0 Å². The van der Waals surface area contributed by atoms with Crippen LogP contribution in [0.25, 0.3) is 11.5 Å². The van der Waals surface area contributed by atoms with E-state index in [0.29, 0.717) is 40.5 Å². The maximum atomic E-state index is 12.9. The molecular weight excluding hydrogens is 430 g/mol. The van der Waals surface area contributed by atoms with Crippen molar-refractivity contribution >= 4 is 33.4 Å². The summed E-state index contributed by atoms with van der Waals surface area (Å²) >= 11 is 7.41. The van der Waals surface area contributed by atoms with Crippen LogP contribution >= 0.6 is 23.4 Å². The maximum Gasteiger partial charge on any atom is 0.277 e. The Kier molecular flexibility index (Phi) is 6.24. The van der Waals surface area contributed by atoms with E-state index in [1.54, 1.807) is 28.6 Å². The number of aromatic nitrogens is 2. The van der Waals surface area contributed by atoms with Crippen LogP contribution in [0.3, 0.4) is 0 Å². The van der Waals surface area contributed by atoms with Gasteiger partial charge in [0.05, 0.1) is 4.90 Å². The lowest BCUT2D eigenvalue weighted by atomic mass is 10.2. The SMILES string of the molecule is O=S(=O)(c1cccc(-c2nnc(SCc3cccc(Cl)c3)o2)c1)N1CCCCC1. The van der Waals surface area contributed by atoms with Gasteiger partial charge >= 0.3 is 0 Å². The van der Waals surface area contributed by atoms with Crippen LogP contribution in [0.1, 0.15) is 24.8 Å². The number of benzene rings is 2. The maximum absolute atomic E-state index is 12.9. The van der Waals surface area contributed by atoms with Crippen LogP contribution in [-0.4, -0.2) is 36.0 Å². The molecule has 152 valence electrons. The first kappa shape index (κ1) is 20.4. The van der Waals surface area contributed by atoms with E-state index in [9.17, 15) is 8.42 Å². The van der Waals surface area contributed by atoms with Crippen LogP contribution in [0.5, 0.6) is 0 Å². The summed E-state index contributed by atoms with van der Waals surface area (Å²) in [4.78, 5) is 0.253. The summed E-state index contributed by atoms with van der Waals surface area (Å²) in [5, 5.41) is 9.25. The molecule has 0 saturated carbocycles. The summed E-state index contributed by atoms with van der Waals surface area (Å²) in [6, 6.07) is 14.3. The molecule has 2 heterocycles. The molecule has 6 nitrogen and oxygen atoms in total. The molecule has 1 aliphatic heterocycles. The van der Waals surface area contributed by atoms with Gasteiger partial charge in [0, 0.05) is 29.4 Å². The third-order valence-corrected chi connectivity index (χ3v) is 7.71. The highest BCUT2D eigenvalue weighted by atomic mass is 35.5. The number of sulfonamides is 1. The third-order valence-electron chi connectivity index (χ3n) is 4.69. The zero-order valence-corrected chi connectivity index (χ0v) is 18.0. The lowest BCUT2D eigenvalue weighted by molar-refractivity contribution is 0.346. The van der Waals surface area contributed by atoms with Gasteiger partial charge in [0.1, 0.15) is 0 Å². The van der Waals surface area contributed by atoms with Crippen LogP contribution in [0.2, 0.25) is 5.02 Å². The molecule has 2 aromatic carbocycles. The Morgan fingerprint density at radius 1 is 1.03 bits per heavy atom. The van der Waals surface area contributed by atoms with Gasteiger partial charge < -0.3 is 4.42 Å². The van der Waals surface area contributed by atoms with Crippen LogP contribution < -0.4 is 0 Å². The molecule has 0 N–H and O–H groups in total. The fraction of sp³-hybridized carbons (Fsp3) is 0.300. The van der Waals surface area contributed by atoms with Crippen molar-refractivity contribution in [2.24, 2.45) is 0 Å². The highest BCUT2D eigenvalue weighted by Gasteiger charge is 2.26. The van der Waals surface area contributed by atoms with Crippen molar-refractivity contribution in [3.63, 3.8) is 0 Å². The molecule has 0 spiro atoms. The van der Waals surface area contributed by atoms with Gasteiger partial charge in [-0.05, 0) is 48.7 Å². The second-order valence-corrected chi connectivity index (χ2v) is 10.1. The Labute approximate surface area is 179 Å². The normalized spacial score (nSPS) is 15.5. The van der Waals surface area contributed by atoms with E-state index in [2.05, 4.69) is 10.2 Å². The van der Waals surface area contributed by atoms with Gasteiger partial charge in [0.25, 0.3) is 5.22 Å². The molecule has 1 aliphatic rings. The lowest BCUT2D eigenvalue weighted by Crippen LogP contribution is -2.35. The fourth-order valence-electron chi connectivity index (χ4n) is 3.20. The first-order valence-corrected chi connectivity index (χ1v) is 12.1. The van der Waals surface area contributed by atoms with E-state index in [0.717, 1.165) is 24.8 Å². The lowest BCUT2D eigenvalue weighted by Gasteiger charge is -2.25. The van der Waals surface area contributed by atoms with E-state index in [1.807, 2.05) is 24.3 Å². The van der Waals surface area contributed by atoms with Crippen LogP contribution in [0, 0.1) is 0 Å². The molecule has 0 bridgehead atoms. The number of piperidine rings is 1. The molecule has 4 rings (SSSR count). The zero-order valence-electron chi connectivity index (χ0n) is 15.6. The minimum atomic E-state index is -3.51. The first-order valence-electron chi connectivity index (χ1n) is 9.34. The summed E-state index contributed by atoms with van der Waals surface area (Å²) in [7, 11) is -3.51. The zero-order chi connectivity index (χ0) is 20.3. The number of halogens is 1. The topological polar surface area (TPSA) is 76.3 Å². The van der Waals surface area contributed by atoms with E-state index in [1.165, 1.54) is 11.8 Å². The Morgan fingerprint density at radius 2 is 1.83 bits per heavy atom. The van der Waals surface area contributed by atoms with Gasteiger partial charge in [-0.1, -0.05) is 48.0 Å². The van der Waals surface area contributed by atoms with E-state index in [-0.39, 0.29) is 4.90 Å². The van der Waals surface area contributed by atoms with E-state index >= 15 is 0 Å². The molecule has 0 aliphatic carbocycles. The number of hydrogen-bond acceptors (Lipinski definition) is 6. The Balaban J connectivity index is 1.50. The van der Waals surface area contributed by atoms with Gasteiger partial charge in [-0.15, -0.1) is 10.2 Å². The van der Waals surface area contributed by atoms with Gasteiger partial charge in [-0.2, -0.15) is 4.31 Å². The molecule has 1 fully saturated rings. The van der Waals surface area contributed by atoms with Crippen molar-refractivity contribution in [2.45, 2.75) is 35.1 Å². The average Bonchev–Trinajstić information content (AvgIpc) is 3.22. The van der Waals surface area contributed by atoms with Crippen molar-refractivity contribution in [1.29, 1.82) is 0 Å². The van der Waals surface area contributed by atoms with Crippen molar-refractivity contribution in [2.75, 3.05) is 13.1 Å². The van der Waals surface area contributed by atoms with Gasteiger partial charge in [0.15, 0.2) is 0 Å². The summed E-state index contributed by atoms with van der Waals surface area (Å²) in [5.74, 6) is 0.945. The van der Waals surface area contributed by atoms with Gasteiger partial charge in [-0.3, -0.25) is 0 Å². The van der Waals surface area contributed by atoms with E-state index < -0.39 is 10.0 Å². The molecule has 29 heavy (non-hydrogen) atoms. The largest absolute Gasteiger partial charge is 0.411 e. The van der Waals surface area contributed by atoms with Crippen LogP contribution in [-0.2, 0) is 15.8 Å². The van der Waals surface area contributed by atoms with Crippen molar-refractivity contribution in [3.8, 4) is 11.5 Å². The predicted octanol–water partition coefficient (Wildman–Crippen LogP) is 4.86. The monoisotopic (exact) mass is 449 g/mol. The molecular formula is C20H20ClN3O3S2. The quantitative estimate of drug-likeness (QED) is 0.500. The van der Waals surface area contributed by atoms with Crippen molar-refractivity contribution in [1.82, 2.24) is 14.5 Å². The second kappa shape index (κ2) is 8.87. The second-order valence-electron chi connectivity index (χ2n) is 6.78. The molecule has 9 heteroatoms. The molecule has 0 atom stereocenters. The number of rotatable bonds is 6. The smallest absolute Gasteiger partial charge is 0.277 e. The van der Waals surface area contributed by atoms with E-state index in [4.69, 9.17) is 16.0 Å². The highest BCUT2D eigenvalue weighted by Crippen LogP contribution is 2.29. The molecule has 0 amide bonds. The summed E-state index contributed by atoms with van der Waals surface area (Å²) in [6.45, 7) is 1.13. The molecule has 0 unspecified atom stereocenters. The average molecular weight is 450 g/mol. The summed E-state index contributed by atoms with van der Waals surface area (Å²) in [6.07, 6.45) is 2.87. The first-order chi connectivity index (χ1) is 14.0. The van der Waals surface area contributed by atoms with Crippen LogP contribution in [0.15, 0.2) is 63.1 Å². The third kappa shape index (κ3) is 4.83. The van der Waals surface area contributed by atoms with Gasteiger partial charge in [0.2, 0.25) is 15.9 Å². The fourth-order valence-corrected chi connectivity index (χ4v) is 5.68. The summed E-state index contributed by atoms with van der Waals surface area (Å²) in [5.41, 5.74) is 1.64. The minimum absolute atomic E-state index is 0.253. The standard InChI is InChI=1S/C20H20ClN3O3S2/c21-17-8-4-6-15(12-17)14-28-20-23-22-19(27-20)16-7-5-9-18(13-16)29(25,26)24-10-2-1-3-11-24/h4-9,12-13H,1-3,10-11,14H2. The minimum Gasteiger partial charge on any atom is -0.411 e. The molecule has 0 radical (unpaired) electrons. The van der Waals surface area contributed by atoms with Crippen molar-refractivity contribution < 1.29 is 12.8 Å². The van der Waals surface area contributed by atoms with Crippen molar-refractivity contribution in [3.05, 3.63) is 59.1 Å². The predicted molar refractivity (Wildman–Crippen MR) is 113 cm³/mol. The number of hydrogen-bond donors (Lipinski definition) is 0. The molecule has 1 aromatic heterocycles. The Bertz CT molecular complexity index is 1100. The highest BCUT2D eigenvalue weighted by molar-refractivity contribution is 7.98. The molecule has 3 aromatic rings. The Morgan fingerprint density at radius 3 is 2.62 bits per heavy atom. The number of nitrogens with zero attached hydrogens (tertiary/aromatic N) is 3. The number of thioether (sulfide) groups is 1.